The van der Waals surface area contributed by atoms with Crippen LogP contribution in [0.2, 0.25) is 0 Å². The van der Waals surface area contributed by atoms with Gasteiger partial charge in [-0.2, -0.15) is 0 Å². The fraction of sp³-hybridized carbons (Fsp3) is 0.591. The number of morpholine rings is 1. The monoisotopic (exact) mass is 401 g/mol. The lowest BCUT2D eigenvalue weighted by molar-refractivity contribution is -0.140. The van der Waals surface area contributed by atoms with Crippen molar-refractivity contribution in [1.29, 1.82) is 0 Å². The summed E-state index contributed by atoms with van der Waals surface area (Å²) >= 11 is 0. The SMILES string of the molecule is CC(C)C(=O)N1CCC(C(NC(=O)c2ccccc2)C(=O)N2CCOCC2)CC1. The first-order chi connectivity index (χ1) is 14.0. The molecule has 2 aliphatic heterocycles. The number of piperidine rings is 1. The molecule has 1 aromatic carbocycles. The number of rotatable bonds is 5. The first-order valence-electron chi connectivity index (χ1n) is 10.5. The number of hydrogen-bond acceptors (Lipinski definition) is 4. The lowest BCUT2D eigenvalue weighted by Crippen LogP contribution is -2.56. The Bertz CT molecular complexity index is 708. The highest BCUT2D eigenvalue weighted by Gasteiger charge is 2.36. The maximum absolute atomic E-state index is 13.3. The molecule has 1 unspecified atom stereocenters. The Labute approximate surface area is 172 Å². The molecule has 0 bridgehead atoms. The third-order valence-electron chi connectivity index (χ3n) is 5.73. The molecule has 29 heavy (non-hydrogen) atoms. The minimum Gasteiger partial charge on any atom is -0.378 e. The molecule has 3 amide bonds. The predicted molar refractivity (Wildman–Crippen MR) is 109 cm³/mol. The molecule has 2 aliphatic rings. The summed E-state index contributed by atoms with van der Waals surface area (Å²) in [6.07, 6.45) is 1.41. The molecule has 1 atom stereocenters. The molecule has 2 heterocycles. The van der Waals surface area contributed by atoms with Gasteiger partial charge >= 0.3 is 0 Å². The van der Waals surface area contributed by atoms with Crippen molar-refractivity contribution in [2.24, 2.45) is 11.8 Å². The van der Waals surface area contributed by atoms with Crippen LogP contribution in [0.5, 0.6) is 0 Å². The Morgan fingerprint density at radius 1 is 0.931 bits per heavy atom. The quantitative estimate of drug-likeness (QED) is 0.812. The van der Waals surface area contributed by atoms with Crippen LogP contribution in [0.3, 0.4) is 0 Å². The summed E-state index contributed by atoms with van der Waals surface area (Å²) in [6.45, 7) is 7.17. The number of nitrogens with one attached hydrogen (secondary N) is 1. The zero-order valence-corrected chi connectivity index (χ0v) is 17.3. The molecule has 0 saturated carbocycles. The van der Waals surface area contributed by atoms with Crippen molar-refractivity contribution in [3.63, 3.8) is 0 Å². The van der Waals surface area contributed by atoms with Gasteiger partial charge in [0.25, 0.3) is 5.91 Å². The van der Waals surface area contributed by atoms with Crippen molar-refractivity contribution in [3.05, 3.63) is 35.9 Å². The smallest absolute Gasteiger partial charge is 0.251 e. The van der Waals surface area contributed by atoms with E-state index in [-0.39, 0.29) is 29.6 Å². The minimum absolute atomic E-state index is 0.00854. The first-order valence-corrected chi connectivity index (χ1v) is 10.5. The average molecular weight is 402 g/mol. The van der Waals surface area contributed by atoms with E-state index in [1.165, 1.54) is 0 Å². The zero-order valence-electron chi connectivity index (χ0n) is 17.3. The number of benzene rings is 1. The summed E-state index contributed by atoms with van der Waals surface area (Å²) in [6, 6.07) is 8.38. The van der Waals surface area contributed by atoms with Crippen LogP contribution in [-0.2, 0) is 14.3 Å². The van der Waals surface area contributed by atoms with E-state index in [1.807, 2.05) is 36.9 Å². The van der Waals surface area contributed by atoms with Gasteiger partial charge in [-0.3, -0.25) is 14.4 Å². The van der Waals surface area contributed by atoms with E-state index in [0.717, 1.165) is 0 Å². The van der Waals surface area contributed by atoms with Crippen LogP contribution in [0.1, 0.15) is 37.0 Å². The normalized spacial score (nSPS) is 19.1. The third-order valence-corrected chi connectivity index (χ3v) is 5.73. The number of amides is 3. The molecule has 3 rings (SSSR count). The van der Waals surface area contributed by atoms with E-state index >= 15 is 0 Å². The lowest BCUT2D eigenvalue weighted by Gasteiger charge is -2.39. The minimum atomic E-state index is -0.586. The van der Waals surface area contributed by atoms with Crippen molar-refractivity contribution in [2.75, 3.05) is 39.4 Å². The van der Waals surface area contributed by atoms with Gasteiger partial charge in [0.1, 0.15) is 6.04 Å². The number of likely N-dealkylation sites (tertiary alicyclic amines) is 1. The Balaban J connectivity index is 1.71. The van der Waals surface area contributed by atoms with Crippen LogP contribution in [0.4, 0.5) is 0 Å². The van der Waals surface area contributed by atoms with E-state index in [1.54, 1.807) is 17.0 Å². The van der Waals surface area contributed by atoms with Gasteiger partial charge in [-0.25, -0.2) is 0 Å². The largest absolute Gasteiger partial charge is 0.378 e. The summed E-state index contributed by atoms with van der Waals surface area (Å²) in [7, 11) is 0. The number of nitrogens with zero attached hydrogens (tertiary/aromatic N) is 2. The van der Waals surface area contributed by atoms with Gasteiger partial charge in [0, 0.05) is 37.7 Å². The molecule has 7 heteroatoms. The molecule has 7 nitrogen and oxygen atoms in total. The molecule has 0 aliphatic carbocycles. The van der Waals surface area contributed by atoms with E-state index in [9.17, 15) is 14.4 Å². The summed E-state index contributed by atoms with van der Waals surface area (Å²) in [5, 5.41) is 2.99. The van der Waals surface area contributed by atoms with Gasteiger partial charge in [0.2, 0.25) is 11.8 Å². The molecule has 158 valence electrons. The molecular formula is C22H31N3O4. The Morgan fingerprint density at radius 3 is 2.10 bits per heavy atom. The van der Waals surface area contributed by atoms with Gasteiger partial charge in [0.15, 0.2) is 0 Å². The number of hydrogen-bond donors (Lipinski definition) is 1. The van der Waals surface area contributed by atoms with Gasteiger partial charge < -0.3 is 19.9 Å². The topological polar surface area (TPSA) is 79.0 Å². The average Bonchev–Trinajstić information content (AvgIpc) is 2.77. The molecule has 1 N–H and O–H groups in total. The molecule has 2 fully saturated rings. The molecule has 1 aromatic rings. The van der Waals surface area contributed by atoms with Crippen molar-refractivity contribution in [3.8, 4) is 0 Å². The predicted octanol–water partition coefficient (Wildman–Crippen LogP) is 1.54. The second kappa shape index (κ2) is 9.87. The zero-order chi connectivity index (χ0) is 20.8. The van der Waals surface area contributed by atoms with Crippen molar-refractivity contribution >= 4 is 17.7 Å². The van der Waals surface area contributed by atoms with Crippen molar-refractivity contribution in [2.45, 2.75) is 32.7 Å². The van der Waals surface area contributed by atoms with Crippen LogP contribution >= 0.6 is 0 Å². The Morgan fingerprint density at radius 2 is 1.52 bits per heavy atom. The molecule has 0 aromatic heterocycles. The van der Waals surface area contributed by atoms with E-state index in [2.05, 4.69) is 5.32 Å². The van der Waals surface area contributed by atoms with Crippen LogP contribution in [-0.4, -0.2) is 73.0 Å². The summed E-state index contributed by atoms with van der Waals surface area (Å²) in [5.41, 5.74) is 0.541. The molecule has 0 radical (unpaired) electrons. The van der Waals surface area contributed by atoms with Gasteiger partial charge in [-0.1, -0.05) is 32.0 Å². The number of carbonyl (C=O) groups excluding carboxylic acids is 3. The van der Waals surface area contributed by atoms with E-state index in [0.29, 0.717) is 57.8 Å². The van der Waals surface area contributed by atoms with Crippen molar-refractivity contribution < 1.29 is 19.1 Å². The summed E-state index contributed by atoms with van der Waals surface area (Å²) in [4.78, 5) is 42.0. The highest BCUT2D eigenvalue weighted by Crippen LogP contribution is 2.24. The number of carbonyl (C=O) groups is 3. The number of ether oxygens (including phenoxy) is 1. The Hall–Kier alpha value is -2.41. The maximum atomic E-state index is 13.3. The van der Waals surface area contributed by atoms with Crippen molar-refractivity contribution in [1.82, 2.24) is 15.1 Å². The molecular weight excluding hydrogens is 370 g/mol. The molecule has 0 spiro atoms. The fourth-order valence-corrected chi connectivity index (χ4v) is 3.99. The van der Waals surface area contributed by atoms with Crippen LogP contribution in [0, 0.1) is 11.8 Å². The van der Waals surface area contributed by atoms with E-state index in [4.69, 9.17) is 4.74 Å². The first kappa shape index (κ1) is 21.3. The van der Waals surface area contributed by atoms with E-state index < -0.39 is 6.04 Å². The molecule has 2 saturated heterocycles. The van der Waals surface area contributed by atoms with Crippen LogP contribution in [0.15, 0.2) is 30.3 Å². The standard InChI is InChI=1S/C22H31N3O4/c1-16(2)21(27)24-10-8-17(9-11-24)19(22(28)25-12-14-29-15-13-25)23-20(26)18-6-4-3-5-7-18/h3-7,16-17,19H,8-15H2,1-2H3,(H,23,26). The van der Waals surface area contributed by atoms with Gasteiger partial charge in [-0.05, 0) is 30.9 Å². The fourth-order valence-electron chi connectivity index (χ4n) is 3.99. The summed E-state index contributed by atoms with van der Waals surface area (Å²) < 4.78 is 5.36. The third kappa shape index (κ3) is 5.35. The summed E-state index contributed by atoms with van der Waals surface area (Å²) in [5.74, 6) is -0.165. The maximum Gasteiger partial charge on any atom is 0.251 e. The highest BCUT2D eigenvalue weighted by atomic mass is 16.5. The van der Waals surface area contributed by atoms with Crippen LogP contribution in [0.25, 0.3) is 0 Å². The highest BCUT2D eigenvalue weighted by molar-refractivity contribution is 5.97. The Kier molecular flexibility index (Phi) is 7.25. The second-order valence-corrected chi connectivity index (χ2v) is 8.07. The second-order valence-electron chi connectivity index (χ2n) is 8.07. The van der Waals surface area contributed by atoms with Crippen LogP contribution < -0.4 is 5.32 Å². The van der Waals surface area contributed by atoms with Gasteiger partial charge in [-0.15, -0.1) is 0 Å². The van der Waals surface area contributed by atoms with Gasteiger partial charge in [0.05, 0.1) is 13.2 Å². The lowest BCUT2D eigenvalue weighted by atomic mass is 9.87.